The van der Waals surface area contributed by atoms with Crippen molar-refractivity contribution in [3.8, 4) is 0 Å². The van der Waals surface area contributed by atoms with E-state index < -0.39 is 17.8 Å². The van der Waals surface area contributed by atoms with Crippen molar-refractivity contribution < 1.29 is 19.5 Å². The van der Waals surface area contributed by atoms with E-state index in [1.807, 2.05) is 0 Å². The van der Waals surface area contributed by atoms with Crippen LogP contribution in [0.3, 0.4) is 0 Å². The highest BCUT2D eigenvalue weighted by molar-refractivity contribution is 5.97. The highest BCUT2D eigenvalue weighted by atomic mass is 16.4. The molecule has 1 aliphatic heterocycles. The number of carbonyl (C=O) groups is 3. The molecule has 0 radical (unpaired) electrons. The van der Waals surface area contributed by atoms with Crippen molar-refractivity contribution in [3.63, 3.8) is 0 Å². The van der Waals surface area contributed by atoms with Crippen LogP contribution in [0.15, 0.2) is 35.1 Å². The van der Waals surface area contributed by atoms with Crippen molar-refractivity contribution in [2.24, 2.45) is 5.92 Å². The minimum Gasteiger partial charge on any atom is -0.481 e. The summed E-state index contributed by atoms with van der Waals surface area (Å²) in [5.41, 5.74) is -0.257. The number of likely N-dealkylation sites (tertiary alicyclic amines) is 1. The predicted octanol–water partition coefficient (Wildman–Crippen LogP) is 0.923. The number of likely N-dealkylation sites (N-methyl/N-ethyl adjacent to an activating group) is 1. The zero-order valence-electron chi connectivity index (χ0n) is 15.0. The van der Waals surface area contributed by atoms with Crippen LogP contribution in [0, 0.1) is 5.92 Å². The fourth-order valence-electron chi connectivity index (χ4n) is 3.31. The Bertz CT molecular complexity index is 952. The van der Waals surface area contributed by atoms with Gasteiger partial charge in [0.2, 0.25) is 5.91 Å². The Kier molecular flexibility index (Phi) is 5.25. The van der Waals surface area contributed by atoms with Gasteiger partial charge in [0, 0.05) is 25.5 Å². The van der Waals surface area contributed by atoms with Crippen LogP contribution in [0.5, 0.6) is 0 Å². The van der Waals surface area contributed by atoms with Crippen molar-refractivity contribution in [3.05, 3.63) is 46.4 Å². The van der Waals surface area contributed by atoms with Gasteiger partial charge in [0.05, 0.1) is 12.5 Å². The summed E-state index contributed by atoms with van der Waals surface area (Å²) in [7, 11) is 1.48. The van der Waals surface area contributed by atoms with Crippen molar-refractivity contribution >= 4 is 28.6 Å². The molecule has 1 atom stereocenters. The summed E-state index contributed by atoms with van der Waals surface area (Å²) in [5, 5.41) is 10.3. The third kappa shape index (κ3) is 3.99. The smallest absolute Gasteiger partial charge is 0.308 e. The number of carboxylic acids is 1. The summed E-state index contributed by atoms with van der Waals surface area (Å²) in [5.74, 6) is -2.26. The normalized spacial score (nSPS) is 16.9. The number of hydrogen-bond donors (Lipinski definition) is 2. The average Bonchev–Trinajstić information content (AvgIpc) is 2.67. The second-order valence-electron chi connectivity index (χ2n) is 6.78. The van der Waals surface area contributed by atoms with Gasteiger partial charge in [-0.1, -0.05) is 18.2 Å². The van der Waals surface area contributed by atoms with Crippen LogP contribution in [0.4, 0.5) is 0 Å². The SMILES string of the molecule is CN(CC(=O)N1CCCC(C(=O)O)C1)C(=O)c1cc2ccccc2c(=O)[nH]1. The van der Waals surface area contributed by atoms with E-state index in [1.165, 1.54) is 16.8 Å². The first kappa shape index (κ1) is 18.6. The summed E-state index contributed by atoms with van der Waals surface area (Å²) >= 11 is 0. The minimum atomic E-state index is -0.911. The lowest BCUT2D eigenvalue weighted by Gasteiger charge is -2.32. The average molecular weight is 371 g/mol. The van der Waals surface area contributed by atoms with Gasteiger partial charge in [0.1, 0.15) is 5.69 Å². The number of aromatic nitrogens is 1. The molecule has 0 spiro atoms. The number of nitrogens with zero attached hydrogens (tertiary/aromatic N) is 2. The molecule has 0 aliphatic carbocycles. The Labute approximate surface area is 155 Å². The first-order chi connectivity index (χ1) is 12.9. The molecule has 0 bridgehead atoms. The molecule has 8 nitrogen and oxygen atoms in total. The van der Waals surface area contributed by atoms with Gasteiger partial charge in [0.15, 0.2) is 0 Å². The zero-order chi connectivity index (χ0) is 19.6. The zero-order valence-corrected chi connectivity index (χ0v) is 15.0. The summed E-state index contributed by atoms with van der Waals surface area (Å²) in [6.45, 7) is 0.459. The standard InChI is InChI=1S/C19H21N3O5/c1-21(11-16(23)22-8-4-6-13(10-22)19(26)27)18(25)15-9-12-5-2-3-7-14(12)17(24)20-15/h2-3,5,7,9,13H,4,6,8,10-11H2,1H3,(H,20,24)(H,26,27). The number of benzene rings is 1. The summed E-state index contributed by atoms with van der Waals surface area (Å²) in [4.78, 5) is 53.6. The molecule has 27 heavy (non-hydrogen) atoms. The highest BCUT2D eigenvalue weighted by Crippen LogP contribution is 2.17. The third-order valence-electron chi connectivity index (χ3n) is 4.83. The topological polar surface area (TPSA) is 111 Å². The largest absolute Gasteiger partial charge is 0.481 e. The van der Waals surface area contributed by atoms with Gasteiger partial charge in [-0.05, 0) is 30.4 Å². The third-order valence-corrected chi connectivity index (χ3v) is 4.83. The van der Waals surface area contributed by atoms with Crippen LogP contribution >= 0.6 is 0 Å². The molecule has 2 heterocycles. The number of carboxylic acid groups (broad SMARTS) is 1. The fraction of sp³-hybridized carbons (Fsp3) is 0.368. The molecular formula is C19H21N3O5. The fourth-order valence-corrected chi connectivity index (χ4v) is 3.31. The van der Waals surface area contributed by atoms with Crippen LogP contribution < -0.4 is 5.56 Å². The maximum atomic E-state index is 12.6. The highest BCUT2D eigenvalue weighted by Gasteiger charge is 2.29. The summed E-state index contributed by atoms with van der Waals surface area (Å²) in [6, 6.07) is 8.52. The van der Waals surface area contributed by atoms with E-state index in [2.05, 4.69) is 4.98 Å². The van der Waals surface area contributed by atoms with E-state index in [-0.39, 0.29) is 30.2 Å². The number of aromatic amines is 1. The Morgan fingerprint density at radius 3 is 2.78 bits per heavy atom. The van der Waals surface area contributed by atoms with Gasteiger partial charge in [-0.25, -0.2) is 0 Å². The van der Waals surface area contributed by atoms with E-state index in [4.69, 9.17) is 5.11 Å². The molecule has 142 valence electrons. The monoisotopic (exact) mass is 371 g/mol. The van der Waals surface area contributed by atoms with Gasteiger partial charge < -0.3 is 19.9 Å². The number of amides is 2. The summed E-state index contributed by atoms with van der Waals surface area (Å²) < 4.78 is 0. The number of H-pyrrole nitrogens is 1. The molecule has 1 unspecified atom stereocenters. The second kappa shape index (κ2) is 7.61. The van der Waals surface area contributed by atoms with Crippen LogP contribution in [-0.4, -0.2) is 64.4 Å². The van der Waals surface area contributed by atoms with Crippen molar-refractivity contribution in [2.75, 3.05) is 26.7 Å². The lowest BCUT2D eigenvalue weighted by molar-refractivity contribution is -0.145. The van der Waals surface area contributed by atoms with Gasteiger partial charge in [-0.15, -0.1) is 0 Å². The molecule has 1 fully saturated rings. The lowest BCUT2D eigenvalue weighted by Crippen LogP contribution is -2.47. The van der Waals surface area contributed by atoms with Crippen molar-refractivity contribution in [2.45, 2.75) is 12.8 Å². The molecular weight excluding hydrogens is 350 g/mol. The first-order valence-electron chi connectivity index (χ1n) is 8.75. The number of rotatable bonds is 4. The molecule has 0 saturated carbocycles. The van der Waals surface area contributed by atoms with Gasteiger partial charge in [-0.2, -0.15) is 0 Å². The van der Waals surface area contributed by atoms with Gasteiger partial charge >= 0.3 is 5.97 Å². The van der Waals surface area contributed by atoms with E-state index >= 15 is 0 Å². The van der Waals surface area contributed by atoms with Crippen LogP contribution in [0.2, 0.25) is 0 Å². The molecule has 8 heteroatoms. The van der Waals surface area contributed by atoms with E-state index in [9.17, 15) is 19.2 Å². The molecule has 1 aromatic carbocycles. The number of nitrogens with one attached hydrogen (secondary N) is 1. The molecule has 1 aromatic heterocycles. The van der Waals surface area contributed by atoms with Crippen LogP contribution in [-0.2, 0) is 9.59 Å². The maximum absolute atomic E-state index is 12.6. The maximum Gasteiger partial charge on any atom is 0.308 e. The van der Waals surface area contributed by atoms with E-state index in [0.717, 1.165) is 0 Å². The van der Waals surface area contributed by atoms with Crippen LogP contribution in [0.1, 0.15) is 23.3 Å². The number of carbonyl (C=O) groups excluding carboxylic acids is 2. The predicted molar refractivity (Wildman–Crippen MR) is 98.5 cm³/mol. The van der Waals surface area contributed by atoms with E-state index in [1.54, 1.807) is 30.3 Å². The van der Waals surface area contributed by atoms with Gasteiger partial charge in [0.25, 0.3) is 11.5 Å². The number of fused-ring (bicyclic) bond motifs is 1. The first-order valence-corrected chi connectivity index (χ1v) is 8.75. The van der Waals surface area contributed by atoms with Crippen molar-refractivity contribution in [1.29, 1.82) is 0 Å². The molecule has 2 aromatic rings. The lowest BCUT2D eigenvalue weighted by atomic mass is 9.98. The molecule has 1 saturated heterocycles. The Balaban J connectivity index is 1.71. The Morgan fingerprint density at radius 2 is 2.04 bits per heavy atom. The Morgan fingerprint density at radius 1 is 1.30 bits per heavy atom. The number of aliphatic carboxylic acids is 1. The molecule has 1 aliphatic rings. The second-order valence-corrected chi connectivity index (χ2v) is 6.78. The number of piperidine rings is 1. The van der Waals surface area contributed by atoms with Gasteiger partial charge in [-0.3, -0.25) is 19.2 Å². The Hall–Kier alpha value is -3.16. The van der Waals surface area contributed by atoms with E-state index in [0.29, 0.717) is 30.2 Å². The summed E-state index contributed by atoms with van der Waals surface area (Å²) in [6.07, 6.45) is 1.17. The molecule has 3 rings (SSSR count). The van der Waals surface area contributed by atoms with Crippen molar-refractivity contribution in [1.82, 2.24) is 14.8 Å². The number of hydrogen-bond acceptors (Lipinski definition) is 4. The minimum absolute atomic E-state index is 0.107. The molecule has 2 N–H and O–H groups in total. The number of pyridine rings is 1. The quantitative estimate of drug-likeness (QED) is 0.830. The van der Waals surface area contributed by atoms with Crippen LogP contribution in [0.25, 0.3) is 10.8 Å². The molecule has 2 amide bonds.